The van der Waals surface area contributed by atoms with E-state index < -0.39 is 5.41 Å². The number of anilines is 1. The highest BCUT2D eigenvalue weighted by Crippen LogP contribution is 2.46. The fourth-order valence-corrected chi connectivity index (χ4v) is 3.00. The first-order valence-corrected chi connectivity index (χ1v) is 6.51. The number of likely N-dealkylation sites (N-methyl/N-ethyl adjacent to an activating group) is 1. The first-order valence-electron chi connectivity index (χ1n) is 6.51. The Labute approximate surface area is 112 Å². The molecule has 3 rings (SSSR count). The van der Waals surface area contributed by atoms with Crippen LogP contribution in [0, 0.1) is 0 Å². The highest BCUT2D eigenvalue weighted by atomic mass is 16.2. The Morgan fingerprint density at radius 1 is 1.16 bits per heavy atom. The SMILES string of the molecule is CCC1(c2ccccc2)C(=O)N(C)c2cccnc21. The van der Waals surface area contributed by atoms with Gasteiger partial charge in [-0.25, -0.2) is 0 Å². The third-order valence-electron chi connectivity index (χ3n) is 4.02. The van der Waals surface area contributed by atoms with Gasteiger partial charge in [0.15, 0.2) is 0 Å². The summed E-state index contributed by atoms with van der Waals surface area (Å²) in [5, 5.41) is 0. The van der Waals surface area contributed by atoms with Crippen molar-refractivity contribution < 1.29 is 4.79 Å². The molecule has 0 bridgehead atoms. The Morgan fingerprint density at radius 2 is 1.89 bits per heavy atom. The van der Waals surface area contributed by atoms with E-state index in [2.05, 4.69) is 4.98 Å². The number of hydrogen-bond donors (Lipinski definition) is 0. The highest BCUT2D eigenvalue weighted by Gasteiger charge is 2.50. The van der Waals surface area contributed by atoms with E-state index in [1.807, 2.05) is 56.4 Å². The van der Waals surface area contributed by atoms with E-state index in [4.69, 9.17) is 0 Å². The summed E-state index contributed by atoms with van der Waals surface area (Å²) in [5.41, 5.74) is 2.17. The van der Waals surface area contributed by atoms with E-state index in [0.717, 1.165) is 16.9 Å². The molecule has 1 unspecified atom stereocenters. The summed E-state index contributed by atoms with van der Waals surface area (Å²) in [4.78, 5) is 19.0. The van der Waals surface area contributed by atoms with Gasteiger partial charge >= 0.3 is 0 Å². The van der Waals surface area contributed by atoms with Crippen LogP contribution in [0.2, 0.25) is 0 Å². The number of nitrogens with zero attached hydrogens (tertiary/aromatic N) is 2. The Kier molecular flexibility index (Phi) is 2.63. The molecule has 1 amide bonds. The van der Waals surface area contributed by atoms with Crippen LogP contribution in [-0.2, 0) is 10.2 Å². The molecule has 0 radical (unpaired) electrons. The summed E-state index contributed by atoms with van der Waals surface area (Å²) in [6.07, 6.45) is 2.48. The summed E-state index contributed by atoms with van der Waals surface area (Å²) in [5.74, 6) is 0.106. The van der Waals surface area contributed by atoms with Gasteiger partial charge in [-0.1, -0.05) is 37.3 Å². The maximum Gasteiger partial charge on any atom is 0.243 e. The van der Waals surface area contributed by atoms with Gasteiger partial charge in [0, 0.05) is 13.2 Å². The lowest BCUT2D eigenvalue weighted by atomic mass is 9.76. The number of amides is 1. The zero-order valence-corrected chi connectivity index (χ0v) is 11.1. The number of rotatable bonds is 2. The second-order valence-electron chi connectivity index (χ2n) is 4.86. The molecule has 2 heterocycles. The van der Waals surface area contributed by atoms with Crippen LogP contribution in [-0.4, -0.2) is 17.9 Å². The van der Waals surface area contributed by atoms with Gasteiger partial charge in [0.05, 0.1) is 11.4 Å². The number of pyridine rings is 1. The molecule has 19 heavy (non-hydrogen) atoms. The lowest BCUT2D eigenvalue weighted by Gasteiger charge is -2.26. The predicted molar refractivity (Wildman–Crippen MR) is 75.2 cm³/mol. The van der Waals surface area contributed by atoms with Crippen LogP contribution in [0.15, 0.2) is 48.7 Å². The van der Waals surface area contributed by atoms with Crippen molar-refractivity contribution in [2.75, 3.05) is 11.9 Å². The van der Waals surface area contributed by atoms with Crippen molar-refractivity contribution in [3.05, 3.63) is 59.9 Å². The average Bonchev–Trinajstić information content (AvgIpc) is 2.70. The van der Waals surface area contributed by atoms with Crippen LogP contribution in [0.5, 0.6) is 0 Å². The van der Waals surface area contributed by atoms with Gasteiger partial charge in [0.1, 0.15) is 5.41 Å². The van der Waals surface area contributed by atoms with Crippen molar-refractivity contribution in [1.29, 1.82) is 0 Å². The molecule has 1 aromatic carbocycles. The standard InChI is InChI=1S/C16H16N2O/c1-3-16(12-8-5-4-6-9-12)14-13(10-7-11-17-14)18(2)15(16)19/h4-11H,3H2,1-2H3. The van der Waals surface area contributed by atoms with Crippen molar-refractivity contribution in [3.8, 4) is 0 Å². The summed E-state index contributed by atoms with van der Waals surface area (Å²) in [6, 6.07) is 13.8. The summed E-state index contributed by atoms with van der Waals surface area (Å²) < 4.78 is 0. The summed E-state index contributed by atoms with van der Waals surface area (Å²) >= 11 is 0. The number of carbonyl (C=O) groups excluding carboxylic acids is 1. The first-order chi connectivity index (χ1) is 9.21. The molecule has 1 aromatic heterocycles. The van der Waals surface area contributed by atoms with Crippen LogP contribution in [0.1, 0.15) is 24.6 Å². The van der Waals surface area contributed by atoms with E-state index >= 15 is 0 Å². The third kappa shape index (κ3) is 1.44. The summed E-state index contributed by atoms with van der Waals surface area (Å²) in [7, 11) is 1.82. The van der Waals surface area contributed by atoms with Crippen LogP contribution >= 0.6 is 0 Å². The average molecular weight is 252 g/mol. The molecule has 1 aliphatic heterocycles. The van der Waals surface area contributed by atoms with E-state index in [9.17, 15) is 4.79 Å². The summed E-state index contributed by atoms with van der Waals surface area (Å²) in [6.45, 7) is 2.04. The molecule has 0 N–H and O–H groups in total. The molecular weight excluding hydrogens is 236 g/mol. The second kappa shape index (κ2) is 4.19. The van der Waals surface area contributed by atoms with Gasteiger partial charge in [-0.3, -0.25) is 9.78 Å². The molecule has 96 valence electrons. The zero-order valence-electron chi connectivity index (χ0n) is 11.1. The largest absolute Gasteiger partial charge is 0.313 e. The van der Waals surface area contributed by atoms with Gasteiger partial charge in [0.2, 0.25) is 5.91 Å². The monoisotopic (exact) mass is 252 g/mol. The maximum atomic E-state index is 12.8. The van der Waals surface area contributed by atoms with Gasteiger partial charge in [-0.05, 0) is 24.1 Å². The molecule has 0 spiro atoms. The Hall–Kier alpha value is -2.16. The molecule has 1 aliphatic rings. The molecule has 1 atom stereocenters. The van der Waals surface area contributed by atoms with Gasteiger partial charge in [0.25, 0.3) is 0 Å². The Bertz CT molecular complexity index is 624. The van der Waals surface area contributed by atoms with E-state index in [1.54, 1.807) is 11.1 Å². The molecule has 3 nitrogen and oxygen atoms in total. The number of aromatic nitrogens is 1. The van der Waals surface area contributed by atoms with Crippen LogP contribution in [0.3, 0.4) is 0 Å². The fourth-order valence-electron chi connectivity index (χ4n) is 3.00. The smallest absolute Gasteiger partial charge is 0.243 e. The van der Waals surface area contributed by atoms with Crippen molar-refractivity contribution in [1.82, 2.24) is 4.98 Å². The first kappa shape index (κ1) is 11.9. The van der Waals surface area contributed by atoms with Crippen molar-refractivity contribution in [3.63, 3.8) is 0 Å². The third-order valence-corrected chi connectivity index (χ3v) is 4.02. The van der Waals surface area contributed by atoms with Gasteiger partial charge < -0.3 is 4.90 Å². The molecule has 0 saturated carbocycles. The molecule has 2 aromatic rings. The number of carbonyl (C=O) groups is 1. The van der Waals surface area contributed by atoms with E-state index in [-0.39, 0.29) is 5.91 Å². The predicted octanol–water partition coefficient (Wildman–Crippen LogP) is 2.75. The van der Waals surface area contributed by atoms with Crippen LogP contribution in [0.25, 0.3) is 0 Å². The molecule has 0 fully saturated rings. The lowest BCUT2D eigenvalue weighted by Crippen LogP contribution is -2.39. The van der Waals surface area contributed by atoms with Gasteiger partial charge in [-0.2, -0.15) is 0 Å². The molecule has 0 aliphatic carbocycles. The number of hydrogen-bond acceptors (Lipinski definition) is 2. The minimum atomic E-state index is -0.632. The molecule has 0 saturated heterocycles. The zero-order chi connectivity index (χ0) is 13.5. The Balaban J connectivity index is 2.30. The number of fused-ring (bicyclic) bond motifs is 1. The van der Waals surface area contributed by atoms with Crippen LogP contribution < -0.4 is 4.90 Å². The van der Waals surface area contributed by atoms with Crippen molar-refractivity contribution >= 4 is 11.6 Å². The second-order valence-corrected chi connectivity index (χ2v) is 4.86. The van der Waals surface area contributed by atoms with Gasteiger partial charge in [-0.15, -0.1) is 0 Å². The topological polar surface area (TPSA) is 33.2 Å². The molecule has 3 heteroatoms. The van der Waals surface area contributed by atoms with Crippen molar-refractivity contribution in [2.24, 2.45) is 0 Å². The normalized spacial score (nSPS) is 21.6. The maximum absolute atomic E-state index is 12.8. The quantitative estimate of drug-likeness (QED) is 0.823. The van der Waals surface area contributed by atoms with Crippen LogP contribution in [0.4, 0.5) is 5.69 Å². The van der Waals surface area contributed by atoms with E-state index in [1.165, 1.54) is 0 Å². The Morgan fingerprint density at radius 3 is 2.58 bits per heavy atom. The van der Waals surface area contributed by atoms with E-state index in [0.29, 0.717) is 6.42 Å². The highest BCUT2D eigenvalue weighted by molar-refractivity contribution is 6.09. The lowest BCUT2D eigenvalue weighted by molar-refractivity contribution is -0.121. The molecular formula is C16H16N2O. The fraction of sp³-hybridized carbons (Fsp3) is 0.250. The number of benzene rings is 1. The minimum absolute atomic E-state index is 0.106. The minimum Gasteiger partial charge on any atom is -0.313 e. The van der Waals surface area contributed by atoms with Crippen molar-refractivity contribution in [2.45, 2.75) is 18.8 Å².